The lowest BCUT2D eigenvalue weighted by Crippen LogP contribution is -2.55. The molecular formula is C14H26N4O6. The van der Waals surface area contributed by atoms with E-state index in [0.717, 1.165) is 0 Å². The van der Waals surface area contributed by atoms with Gasteiger partial charge in [0.1, 0.15) is 0 Å². The molecule has 0 aromatic carbocycles. The molecule has 1 rings (SSSR count). The summed E-state index contributed by atoms with van der Waals surface area (Å²) in [6.07, 6.45) is -0.220. The van der Waals surface area contributed by atoms with Crippen molar-refractivity contribution in [2.24, 2.45) is 0 Å². The van der Waals surface area contributed by atoms with E-state index < -0.39 is 17.9 Å². The topological polar surface area (TPSA) is 125 Å². The molecule has 3 N–H and O–H groups in total. The van der Waals surface area contributed by atoms with Crippen LogP contribution < -0.4 is 0 Å². The van der Waals surface area contributed by atoms with E-state index in [0.29, 0.717) is 32.8 Å². The Kier molecular flexibility index (Phi) is 8.05. The molecule has 138 valence electrons. The molecule has 1 saturated heterocycles. The molecule has 0 radical (unpaired) electrons. The fourth-order valence-corrected chi connectivity index (χ4v) is 2.69. The van der Waals surface area contributed by atoms with Gasteiger partial charge in [-0.2, -0.15) is 0 Å². The minimum atomic E-state index is -0.966. The first-order valence-corrected chi connectivity index (χ1v) is 7.73. The minimum absolute atomic E-state index is 0.156. The van der Waals surface area contributed by atoms with Gasteiger partial charge in [0, 0.05) is 26.2 Å². The van der Waals surface area contributed by atoms with Gasteiger partial charge < -0.3 is 15.3 Å². The number of rotatable bonds is 6. The maximum atomic E-state index is 11.1. The van der Waals surface area contributed by atoms with Crippen LogP contribution in [0.15, 0.2) is 0 Å². The molecule has 1 atom stereocenters. The fourth-order valence-electron chi connectivity index (χ4n) is 2.69. The molecule has 1 heterocycles. The molecule has 0 saturated carbocycles. The predicted molar refractivity (Wildman–Crippen MR) is 84.6 cm³/mol. The lowest BCUT2D eigenvalue weighted by molar-refractivity contribution is -0.142. The molecule has 0 aromatic rings. The summed E-state index contributed by atoms with van der Waals surface area (Å²) in [6, 6.07) is 0. The molecular weight excluding hydrogens is 320 g/mol. The van der Waals surface area contributed by atoms with Crippen LogP contribution in [0.25, 0.3) is 0 Å². The second-order valence-electron chi connectivity index (χ2n) is 6.01. The van der Waals surface area contributed by atoms with Crippen LogP contribution in [0.4, 0.5) is 0 Å². The van der Waals surface area contributed by atoms with Crippen molar-refractivity contribution in [3.63, 3.8) is 0 Å². The van der Waals surface area contributed by atoms with E-state index in [1.807, 2.05) is 18.9 Å². The molecule has 10 heteroatoms. The molecule has 0 amide bonds. The average molecular weight is 346 g/mol. The highest BCUT2D eigenvalue weighted by atomic mass is 16.4. The summed E-state index contributed by atoms with van der Waals surface area (Å²) in [5.41, 5.74) is 0. The monoisotopic (exact) mass is 346 g/mol. The SMILES string of the molecule is CC1N(C)CN(CC(=O)O)CCN(CC(=O)O)CCN1CC(=O)O. The van der Waals surface area contributed by atoms with Gasteiger partial charge in [-0.15, -0.1) is 0 Å². The van der Waals surface area contributed by atoms with E-state index in [2.05, 4.69) is 0 Å². The van der Waals surface area contributed by atoms with Crippen LogP contribution in [0.3, 0.4) is 0 Å². The number of nitrogens with zero attached hydrogens (tertiary/aromatic N) is 4. The summed E-state index contributed by atoms with van der Waals surface area (Å²) in [5.74, 6) is -2.88. The van der Waals surface area contributed by atoms with Gasteiger partial charge in [0.15, 0.2) is 0 Å². The largest absolute Gasteiger partial charge is 0.480 e. The maximum Gasteiger partial charge on any atom is 0.317 e. The van der Waals surface area contributed by atoms with Crippen molar-refractivity contribution in [1.29, 1.82) is 0 Å². The number of hydrogen-bond donors (Lipinski definition) is 3. The Balaban J connectivity index is 2.90. The number of carboxylic acid groups (broad SMARTS) is 3. The molecule has 0 aromatic heterocycles. The number of carbonyl (C=O) groups is 3. The summed E-state index contributed by atoms with van der Waals surface area (Å²) < 4.78 is 0. The van der Waals surface area contributed by atoms with Gasteiger partial charge in [-0.1, -0.05) is 0 Å². The summed E-state index contributed by atoms with van der Waals surface area (Å²) in [4.78, 5) is 40.1. The zero-order chi connectivity index (χ0) is 18.3. The van der Waals surface area contributed by atoms with Crippen molar-refractivity contribution in [2.75, 3.05) is 59.5 Å². The van der Waals surface area contributed by atoms with E-state index in [1.54, 1.807) is 14.7 Å². The molecule has 1 fully saturated rings. The number of carboxylic acids is 3. The molecule has 0 bridgehead atoms. The molecule has 1 unspecified atom stereocenters. The highest BCUT2D eigenvalue weighted by Gasteiger charge is 2.25. The highest BCUT2D eigenvalue weighted by Crippen LogP contribution is 2.08. The van der Waals surface area contributed by atoms with Crippen molar-refractivity contribution in [3.8, 4) is 0 Å². The van der Waals surface area contributed by atoms with Crippen LogP contribution in [0.1, 0.15) is 6.92 Å². The number of hydrogen-bond acceptors (Lipinski definition) is 7. The molecule has 1 aliphatic rings. The third kappa shape index (κ3) is 7.21. The Morgan fingerprint density at radius 1 is 0.833 bits per heavy atom. The van der Waals surface area contributed by atoms with Crippen molar-refractivity contribution >= 4 is 17.9 Å². The van der Waals surface area contributed by atoms with Crippen LogP contribution in [-0.4, -0.2) is 119 Å². The van der Waals surface area contributed by atoms with Gasteiger partial charge in [-0.3, -0.25) is 34.0 Å². The van der Waals surface area contributed by atoms with Crippen molar-refractivity contribution in [3.05, 3.63) is 0 Å². The predicted octanol–water partition coefficient (Wildman–Crippen LogP) is -1.60. The Hall–Kier alpha value is -1.75. The Morgan fingerprint density at radius 3 is 1.83 bits per heavy atom. The average Bonchev–Trinajstić information content (AvgIpc) is 2.45. The van der Waals surface area contributed by atoms with Crippen LogP contribution in [0.5, 0.6) is 0 Å². The summed E-state index contributed by atoms with van der Waals surface area (Å²) >= 11 is 0. The lowest BCUT2D eigenvalue weighted by Gasteiger charge is -2.40. The maximum absolute atomic E-state index is 11.1. The Labute approximate surface area is 140 Å². The van der Waals surface area contributed by atoms with Crippen molar-refractivity contribution in [1.82, 2.24) is 19.6 Å². The molecule has 24 heavy (non-hydrogen) atoms. The summed E-state index contributed by atoms with van der Waals surface area (Å²) in [7, 11) is 1.81. The summed E-state index contributed by atoms with van der Waals surface area (Å²) in [5, 5.41) is 27.1. The zero-order valence-electron chi connectivity index (χ0n) is 14.1. The number of aliphatic carboxylic acids is 3. The third-order valence-electron chi connectivity index (χ3n) is 4.08. The van der Waals surface area contributed by atoms with Crippen LogP contribution in [0.2, 0.25) is 0 Å². The van der Waals surface area contributed by atoms with Gasteiger partial charge in [0.25, 0.3) is 0 Å². The summed E-state index contributed by atoms with van der Waals surface area (Å²) in [6.45, 7) is 3.38. The molecule has 0 spiro atoms. The molecule has 1 aliphatic heterocycles. The lowest BCUT2D eigenvalue weighted by atomic mass is 10.3. The van der Waals surface area contributed by atoms with Gasteiger partial charge >= 0.3 is 17.9 Å². The first-order valence-electron chi connectivity index (χ1n) is 7.73. The van der Waals surface area contributed by atoms with Gasteiger partial charge in [0.2, 0.25) is 0 Å². The van der Waals surface area contributed by atoms with Crippen LogP contribution in [0, 0.1) is 0 Å². The fraction of sp³-hybridized carbons (Fsp3) is 0.786. The smallest absolute Gasteiger partial charge is 0.317 e. The Bertz CT molecular complexity index is 461. The van der Waals surface area contributed by atoms with E-state index in [9.17, 15) is 14.4 Å². The Morgan fingerprint density at radius 2 is 1.29 bits per heavy atom. The first-order chi connectivity index (χ1) is 11.2. The van der Waals surface area contributed by atoms with E-state index >= 15 is 0 Å². The second kappa shape index (κ2) is 9.52. The van der Waals surface area contributed by atoms with Gasteiger partial charge in [-0.05, 0) is 14.0 Å². The highest BCUT2D eigenvalue weighted by molar-refractivity contribution is 5.70. The first kappa shape index (κ1) is 20.3. The van der Waals surface area contributed by atoms with Crippen LogP contribution >= 0.6 is 0 Å². The van der Waals surface area contributed by atoms with Crippen molar-refractivity contribution < 1.29 is 29.7 Å². The standard InChI is InChI=1S/C14H26N4O6/c1-11-15(2)10-17(8-13(21)22)4-3-16(7-12(19)20)5-6-18(11)9-14(23)24/h11H,3-10H2,1-2H3,(H,19,20)(H,21,22)(H,23,24). The minimum Gasteiger partial charge on any atom is -0.480 e. The van der Waals surface area contributed by atoms with E-state index in [-0.39, 0.29) is 25.8 Å². The molecule has 0 aliphatic carbocycles. The van der Waals surface area contributed by atoms with E-state index in [1.165, 1.54) is 0 Å². The zero-order valence-corrected chi connectivity index (χ0v) is 14.1. The van der Waals surface area contributed by atoms with Crippen LogP contribution in [-0.2, 0) is 14.4 Å². The third-order valence-corrected chi connectivity index (χ3v) is 4.08. The van der Waals surface area contributed by atoms with Gasteiger partial charge in [0.05, 0.1) is 32.5 Å². The quantitative estimate of drug-likeness (QED) is 0.517. The molecule has 10 nitrogen and oxygen atoms in total. The second-order valence-corrected chi connectivity index (χ2v) is 6.01. The van der Waals surface area contributed by atoms with Gasteiger partial charge in [-0.25, -0.2) is 0 Å². The van der Waals surface area contributed by atoms with Crippen molar-refractivity contribution in [2.45, 2.75) is 13.1 Å². The van der Waals surface area contributed by atoms with E-state index in [4.69, 9.17) is 15.3 Å². The normalized spacial score (nSPS) is 23.0.